The number of benzene rings is 1. The fourth-order valence-electron chi connectivity index (χ4n) is 2.67. The van der Waals surface area contributed by atoms with E-state index < -0.39 is 5.91 Å². The molecule has 0 aliphatic carbocycles. The van der Waals surface area contributed by atoms with Gasteiger partial charge in [0.25, 0.3) is 5.91 Å². The van der Waals surface area contributed by atoms with Crippen molar-refractivity contribution in [3.05, 3.63) is 72.3 Å². The molecule has 0 fully saturated rings. The molecule has 0 atom stereocenters. The number of nitrogens with two attached hydrogens (primary N) is 1. The van der Waals surface area contributed by atoms with Gasteiger partial charge in [0.2, 0.25) is 0 Å². The van der Waals surface area contributed by atoms with E-state index >= 15 is 0 Å². The van der Waals surface area contributed by atoms with E-state index in [4.69, 9.17) is 10.2 Å². The lowest BCUT2D eigenvalue weighted by atomic mass is 10.1. The van der Waals surface area contributed by atoms with Crippen molar-refractivity contribution in [2.75, 3.05) is 5.32 Å². The third kappa shape index (κ3) is 2.99. The number of furan rings is 1. The number of hydrogen-bond acceptors (Lipinski definition) is 5. The first-order chi connectivity index (χ1) is 12.2. The molecule has 0 unspecified atom stereocenters. The van der Waals surface area contributed by atoms with Crippen molar-refractivity contribution in [3.8, 4) is 10.4 Å². The zero-order chi connectivity index (χ0) is 17.2. The van der Waals surface area contributed by atoms with E-state index in [1.54, 1.807) is 6.26 Å². The third-order valence-corrected chi connectivity index (χ3v) is 5.11. The number of fused-ring (bicyclic) bond motifs is 1. The van der Waals surface area contributed by atoms with Crippen LogP contribution in [0.5, 0.6) is 0 Å². The Labute approximate surface area is 148 Å². The highest BCUT2D eigenvalue weighted by molar-refractivity contribution is 7.22. The summed E-state index contributed by atoms with van der Waals surface area (Å²) in [5.41, 5.74) is 7.05. The van der Waals surface area contributed by atoms with Crippen LogP contribution in [0.4, 0.5) is 5.82 Å². The van der Waals surface area contributed by atoms with Crippen LogP contribution in [0.1, 0.15) is 16.1 Å². The largest absolute Gasteiger partial charge is 0.467 e. The summed E-state index contributed by atoms with van der Waals surface area (Å²) in [6.45, 7) is 0.515. The maximum absolute atomic E-state index is 11.8. The van der Waals surface area contributed by atoms with Gasteiger partial charge in [-0.05, 0) is 23.8 Å². The van der Waals surface area contributed by atoms with Crippen LogP contribution in [0.3, 0.4) is 0 Å². The molecule has 1 aromatic carbocycles. The smallest absolute Gasteiger partial charge is 0.251 e. The number of aromatic nitrogens is 1. The highest BCUT2D eigenvalue weighted by Gasteiger charge is 2.16. The van der Waals surface area contributed by atoms with Crippen molar-refractivity contribution in [2.45, 2.75) is 6.54 Å². The molecule has 0 bridgehead atoms. The summed E-state index contributed by atoms with van der Waals surface area (Å²) in [5.74, 6) is 1.04. The van der Waals surface area contributed by atoms with Crippen LogP contribution >= 0.6 is 11.3 Å². The molecule has 3 N–H and O–H groups in total. The van der Waals surface area contributed by atoms with Gasteiger partial charge in [0.15, 0.2) is 0 Å². The first-order valence-corrected chi connectivity index (χ1v) is 8.58. The number of thiophene rings is 1. The number of amides is 1. The van der Waals surface area contributed by atoms with Gasteiger partial charge in [-0.2, -0.15) is 0 Å². The predicted octanol–water partition coefficient (Wildman–Crippen LogP) is 4.27. The topological polar surface area (TPSA) is 81.2 Å². The summed E-state index contributed by atoms with van der Waals surface area (Å²) in [5, 5.41) is 4.15. The van der Waals surface area contributed by atoms with Crippen molar-refractivity contribution in [1.29, 1.82) is 0 Å². The number of primary amides is 1. The molecular formula is C19H15N3O2S. The maximum atomic E-state index is 11.8. The average molecular weight is 349 g/mol. The SMILES string of the molecule is NC(=O)c1cnc(NCc2ccco2)c2cc(-c3ccccc3)sc12. The molecule has 0 radical (unpaired) electrons. The summed E-state index contributed by atoms with van der Waals surface area (Å²) in [7, 11) is 0. The van der Waals surface area contributed by atoms with Crippen molar-refractivity contribution < 1.29 is 9.21 Å². The number of pyridine rings is 1. The second-order valence-electron chi connectivity index (χ2n) is 5.54. The molecule has 4 aromatic rings. The zero-order valence-corrected chi connectivity index (χ0v) is 14.0. The van der Waals surface area contributed by atoms with E-state index in [1.165, 1.54) is 17.5 Å². The Bertz CT molecular complexity index is 1020. The quantitative estimate of drug-likeness (QED) is 0.564. The Morgan fingerprint density at radius 2 is 2.04 bits per heavy atom. The van der Waals surface area contributed by atoms with Crippen LogP contribution in [-0.2, 0) is 6.54 Å². The van der Waals surface area contributed by atoms with Gasteiger partial charge in [0, 0.05) is 16.5 Å². The minimum absolute atomic E-state index is 0.436. The Morgan fingerprint density at radius 3 is 2.76 bits per heavy atom. The second-order valence-corrected chi connectivity index (χ2v) is 6.59. The molecule has 3 heterocycles. The van der Waals surface area contributed by atoms with Gasteiger partial charge in [-0.15, -0.1) is 11.3 Å². The molecule has 124 valence electrons. The van der Waals surface area contributed by atoms with Crippen molar-refractivity contribution in [3.63, 3.8) is 0 Å². The average Bonchev–Trinajstić information content (AvgIpc) is 3.30. The summed E-state index contributed by atoms with van der Waals surface area (Å²) in [6.07, 6.45) is 3.16. The van der Waals surface area contributed by atoms with Crippen LogP contribution in [-0.4, -0.2) is 10.9 Å². The summed E-state index contributed by atoms with van der Waals surface area (Å²) >= 11 is 1.54. The molecule has 3 aromatic heterocycles. The predicted molar refractivity (Wildman–Crippen MR) is 99.6 cm³/mol. The Hall–Kier alpha value is -3.12. The molecule has 0 aliphatic rings. The Balaban J connectivity index is 1.79. The molecule has 6 heteroatoms. The van der Waals surface area contributed by atoms with Gasteiger partial charge in [0.1, 0.15) is 11.6 Å². The third-order valence-electron chi connectivity index (χ3n) is 3.89. The molecule has 5 nitrogen and oxygen atoms in total. The summed E-state index contributed by atoms with van der Waals surface area (Å²) in [6, 6.07) is 15.8. The van der Waals surface area contributed by atoms with Crippen molar-refractivity contribution >= 4 is 33.1 Å². The van der Waals surface area contributed by atoms with Crippen LogP contribution in [0.2, 0.25) is 0 Å². The van der Waals surface area contributed by atoms with Crippen LogP contribution in [0.25, 0.3) is 20.5 Å². The van der Waals surface area contributed by atoms with E-state index in [0.29, 0.717) is 17.9 Å². The first-order valence-electron chi connectivity index (χ1n) is 7.76. The molecule has 0 aliphatic heterocycles. The maximum Gasteiger partial charge on any atom is 0.251 e. The number of rotatable bonds is 5. The molecular weight excluding hydrogens is 334 g/mol. The molecule has 0 saturated carbocycles. The number of hydrogen-bond donors (Lipinski definition) is 2. The molecule has 0 saturated heterocycles. The molecule has 4 rings (SSSR count). The Kier molecular flexibility index (Phi) is 3.95. The van der Waals surface area contributed by atoms with E-state index in [1.807, 2.05) is 48.5 Å². The number of carbonyl (C=O) groups is 1. The fourth-order valence-corrected chi connectivity index (χ4v) is 3.85. The molecule has 1 amide bonds. The monoisotopic (exact) mass is 349 g/mol. The van der Waals surface area contributed by atoms with E-state index in [2.05, 4.69) is 10.3 Å². The first kappa shape index (κ1) is 15.4. The van der Waals surface area contributed by atoms with Gasteiger partial charge in [-0.3, -0.25) is 4.79 Å². The summed E-state index contributed by atoms with van der Waals surface area (Å²) < 4.78 is 6.18. The lowest BCUT2D eigenvalue weighted by molar-refractivity contribution is 0.100. The molecule has 0 spiro atoms. The van der Waals surface area contributed by atoms with E-state index in [-0.39, 0.29) is 0 Å². The van der Waals surface area contributed by atoms with Gasteiger partial charge in [-0.25, -0.2) is 4.98 Å². The van der Waals surface area contributed by atoms with Crippen LogP contribution in [0, 0.1) is 0 Å². The Morgan fingerprint density at radius 1 is 1.20 bits per heavy atom. The van der Waals surface area contributed by atoms with Crippen LogP contribution < -0.4 is 11.1 Å². The second kappa shape index (κ2) is 6.41. The zero-order valence-electron chi connectivity index (χ0n) is 13.2. The van der Waals surface area contributed by atoms with Gasteiger partial charge < -0.3 is 15.5 Å². The number of nitrogens with one attached hydrogen (secondary N) is 1. The van der Waals surface area contributed by atoms with Crippen LogP contribution in [0.15, 0.2) is 65.4 Å². The standard InChI is InChI=1S/C19H15N3O2S/c20-18(23)15-11-22-19(21-10-13-7-4-8-24-13)14-9-16(25-17(14)15)12-5-2-1-3-6-12/h1-9,11H,10H2,(H2,20,23)(H,21,22). The van der Waals surface area contributed by atoms with Gasteiger partial charge in [-0.1, -0.05) is 30.3 Å². The van der Waals surface area contributed by atoms with E-state index in [9.17, 15) is 4.79 Å². The van der Waals surface area contributed by atoms with E-state index in [0.717, 1.165) is 26.3 Å². The normalized spacial score (nSPS) is 10.9. The minimum Gasteiger partial charge on any atom is -0.467 e. The lowest BCUT2D eigenvalue weighted by Gasteiger charge is -2.06. The highest BCUT2D eigenvalue weighted by atomic mass is 32.1. The van der Waals surface area contributed by atoms with Gasteiger partial charge in [0.05, 0.1) is 23.1 Å². The van der Waals surface area contributed by atoms with Gasteiger partial charge >= 0.3 is 0 Å². The van der Waals surface area contributed by atoms with Crippen molar-refractivity contribution in [2.24, 2.45) is 5.73 Å². The lowest BCUT2D eigenvalue weighted by Crippen LogP contribution is -2.12. The number of anilines is 1. The fraction of sp³-hybridized carbons (Fsp3) is 0.0526. The number of nitrogens with zero attached hydrogens (tertiary/aromatic N) is 1. The minimum atomic E-state index is -0.475. The van der Waals surface area contributed by atoms with Crippen molar-refractivity contribution in [1.82, 2.24) is 4.98 Å². The molecule has 25 heavy (non-hydrogen) atoms. The number of carbonyl (C=O) groups excluding carboxylic acids is 1. The summed E-state index contributed by atoms with van der Waals surface area (Å²) in [4.78, 5) is 17.2. The highest BCUT2D eigenvalue weighted by Crippen LogP contribution is 2.38.